The average Bonchev–Trinajstić information content (AvgIpc) is 2.07. The number of sulfonamides is 1. The van der Waals surface area contributed by atoms with Crippen LogP contribution in [0.1, 0.15) is 40.0 Å². The third-order valence-electron chi connectivity index (χ3n) is 3.56. The molecule has 4 nitrogen and oxygen atoms in total. The first-order chi connectivity index (χ1) is 7.21. The maximum Gasteiger partial charge on any atom is 0.214 e. The summed E-state index contributed by atoms with van der Waals surface area (Å²) in [6, 6.07) is 0. The molecule has 0 heterocycles. The molecule has 0 saturated heterocycles. The summed E-state index contributed by atoms with van der Waals surface area (Å²) in [5, 5.41) is 4.67. The monoisotopic (exact) mass is 249 g/mol. The number of ether oxygens (including phenoxy) is 1. The zero-order valence-corrected chi connectivity index (χ0v) is 11.4. The Morgan fingerprint density at radius 2 is 1.94 bits per heavy atom. The molecular weight excluding hydrogens is 226 g/mol. The van der Waals surface area contributed by atoms with Crippen LogP contribution in [0.15, 0.2) is 0 Å². The summed E-state index contributed by atoms with van der Waals surface area (Å²) in [5.41, 5.74) is 0.318. The second-order valence-corrected chi connectivity index (χ2v) is 7.35. The summed E-state index contributed by atoms with van der Waals surface area (Å²) in [6.07, 6.45) is 2.27. The van der Waals surface area contributed by atoms with Crippen LogP contribution in [0.4, 0.5) is 0 Å². The van der Waals surface area contributed by atoms with Crippen molar-refractivity contribution in [2.75, 3.05) is 7.11 Å². The van der Waals surface area contributed by atoms with Crippen LogP contribution in [0.25, 0.3) is 0 Å². The summed E-state index contributed by atoms with van der Waals surface area (Å²) in [6.45, 7) is 6.22. The largest absolute Gasteiger partial charge is 0.380 e. The van der Waals surface area contributed by atoms with Crippen LogP contribution >= 0.6 is 0 Å². The van der Waals surface area contributed by atoms with Gasteiger partial charge in [-0.25, -0.2) is 13.6 Å². The van der Waals surface area contributed by atoms with E-state index in [9.17, 15) is 8.42 Å². The lowest BCUT2D eigenvalue weighted by atomic mass is 9.62. The second kappa shape index (κ2) is 4.63. The molecule has 0 bridgehead atoms. The second-order valence-electron chi connectivity index (χ2n) is 5.57. The summed E-state index contributed by atoms with van der Waals surface area (Å²) in [5.74, 6) is 0.322. The zero-order chi connectivity index (χ0) is 12.6. The van der Waals surface area contributed by atoms with Crippen LogP contribution < -0.4 is 5.14 Å². The fraction of sp³-hybridized carbons (Fsp3) is 1.00. The highest BCUT2D eigenvalue weighted by Gasteiger charge is 2.45. The summed E-state index contributed by atoms with van der Waals surface area (Å²) >= 11 is 0. The van der Waals surface area contributed by atoms with E-state index in [4.69, 9.17) is 9.88 Å². The maximum absolute atomic E-state index is 11.5. The van der Waals surface area contributed by atoms with Crippen molar-refractivity contribution in [2.45, 2.75) is 51.4 Å². The summed E-state index contributed by atoms with van der Waals surface area (Å²) < 4.78 is 28.3. The first kappa shape index (κ1) is 13.9. The number of rotatable bonds is 5. The van der Waals surface area contributed by atoms with Crippen LogP contribution in [0.3, 0.4) is 0 Å². The van der Waals surface area contributed by atoms with E-state index in [0.717, 1.165) is 12.8 Å². The van der Waals surface area contributed by atoms with E-state index in [1.54, 1.807) is 7.11 Å². The van der Waals surface area contributed by atoms with E-state index in [0.29, 0.717) is 17.8 Å². The Kier molecular flexibility index (Phi) is 4.03. The Morgan fingerprint density at radius 1 is 1.44 bits per heavy atom. The summed E-state index contributed by atoms with van der Waals surface area (Å²) in [4.78, 5) is 0. The van der Waals surface area contributed by atoms with Gasteiger partial charge >= 0.3 is 0 Å². The first-order valence-corrected chi connectivity index (χ1v) is 7.36. The predicted molar refractivity (Wildman–Crippen MR) is 64.5 cm³/mol. The van der Waals surface area contributed by atoms with Crippen LogP contribution in [-0.4, -0.2) is 26.9 Å². The van der Waals surface area contributed by atoms with Gasteiger partial charge in [-0.15, -0.1) is 0 Å². The smallest absolute Gasteiger partial charge is 0.214 e. The van der Waals surface area contributed by atoms with E-state index in [1.807, 2.05) is 6.92 Å². The van der Waals surface area contributed by atoms with Gasteiger partial charge in [0.1, 0.15) is 5.25 Å². The highest BCUT2D eigenvalue weighted by Crippen LogP contribution is 2.48. The molecule has 0 aromatic heterocycles. The van der Waals surface area contributed by atoms with Gasteiger partial charge in [0.05, 0.1) is 6.10 Å². The molecule has 1 aliphatic carbocycles. The molecule has 0 radical (unpaired) electrons. The van der Waals surface area contributed by atoms with Gasteiger partial charge in [0, 0.05) is 7.11 Å². The first-order valence-electron chi connectivity index (χ1n) is 5.75. The molecule has 5 heteroatoms. The van der Waals surface area contributed by atoms with Gasteiger partial charge in [-0.1, -0.05) is 20.8 Å². The maximum atomic E-state index is 11.5. The molecule has 0 aromatic carbocycles. The lowest BCUT2D eigenvalue weighted by molar-refractivity contribution is -0.0392. The fourth-order valence-electron chi connectivity index (χ4n) is 2.89. The normalized spacial score (nSPS) is 24.8. The minimum atomic E-state index is -3.51. The SMILES string of the molecule is CC[C@H]([C@H](OC)C1CC(C)(C)C1)S(N)(=O)=O. The van der Waals surface area contributed by atoms with Gasteiger partial charge in [-0.3, -0.25) is 0 Å². The van der Waals surface area contributed by atoms with E-state index >= 15 is 0 Å². The standard InChI is InChI=1S/C11H23NO3S/c1-5-9(16(12,13)14)10(15-4)8-6-11(2,3)7-8/h8-10H,5-7H2,1-4H3,(H2,12,13,14)/t9-,10-/m1/s1. The lowest BCUT2D eigenvalue weighted by Gasteiger charge is -2.47. The summed E-state index contributed by atoms with van der Waals surface area (Å²) in [7, 11) is -1.94. The molecule has 0 aromatic rings. The van der Waals surface area contributed by atoms with E-state index < -0.39 is 15.3 Å². The molecule has 16 heavy (non-hydrogen) atoms. The third kappa shape index (κ3) is 2.96. The molecule has 0 aliphatic heterocycles. The molecule has 1 saturated carbocycles. The third-order valence-corrected chi connectivity index (χ3v) is 5.00. The highest BCUT2D eigenvalue weighted by molar-refractivity contribution is 7.89. The molecule has 1 aliphatic rings. The molecule has 0 amide bonds. The molecule has 2 atom stereocenters. The van der Waals surface area contributed by atoms with Gasteiger partial charge < -0.3 is 4.74 Å². The van der Waals surface area contributed by atoms with Crippen LogP contribution in [0.2, 0.25) is 0 Å². The Labute approximate surface area is 98.6 Å². The zero-order valence-electron chi connectivity index (χ0n) is 10.6. The number of methoxy groups -OCH3 is 1. The van der Waals surface area contributed by atoms with Crippen LogP contribution in [-0.2, 0) is 14.8 Å². The highest BCUT2D eigenvalue weighted by atomic mass is 32.2. The van der Waals surface area contributed by atoms with Crippen LogP contribution in [0, 0.1) is 11.3 Å². The van der Waals surface area contributed by atoms with Crippen LogP contribution in [0.5, 0.6) is 0 Å². The molecule has 0 unspecified atom stereocenters. The van der Waals surface area contributed by atoms with E-state index in [2.05, 4.69) is 13.8 Å². The topological polar surface area (TPSA) is 69.4 Å². The molecule has 96 valence electrons. The predicted octanol–water partition coefficient (Wildman–Crippen LogP) is 1.50. The van der Waals surface area contributed by atoms with Crippen molar-refractivity contribution in [3.8, 4) is 0 Å². The fourth-order valence-corrected chi connectivity index (χ4v) is 4.06. The Balaban J connectivity index is 2.75. The van der Waals surface area contributed by atoms with Gasteiger partial charge in [-0.05, 0) is 30.6 Å². The molecular formula is C11H23NO3S. The van der Waals surface area contributed by atoms with E-state index in [-0.39, 0.29) is 6.10 Å². The van der Waals surface area contributed by atoms with Crippen molar-refractivity contribution in [2.24, 2.45) is 16.5 Å². The van der Waals surface area contributed by atoms with Gasteiger partial charge in [0.2, 0.25) is 10.0 Å². The molecule has 2 N–H and O–H groups in total. The van der Waals surface area contributed by atoms with Crippen molar-refractivity contribution in [3.63, 3.8) is 0 Å². The quantitative estimate of drug-likeness (QED) is 0.803. The van der Waals surface area contributed by atoms with Gasteiger partial charge in [-0.2, -0.15) is 0 Å². The van der Waals surface area contributed by atoms with Gasteiger partial charge in [0.15, 0.2) is 0 Å². The lowest BCUT2D eigenvalue weighted by Crippen LogP contribution is -2.49. The minimum Gasteiger partial charge on any atom is -0.380 e. The molecule has 0 spiro atoms. The van der Waals surface area contributed by atoms with Gasteiger partial charge in [0.25, 0.3) is 0 Å². The van der Waals surface area contributed by atoms with Crippen molar-refractivity contribution in [1.29, 1.82) is 0 Å². The van der Waals surface area contributed by atoms with Crippen molar-refractivity contribution in [1.82, 2.24) is 0 Å². The average molecular weight is 249 g/mol. The minimum absolute atomic E-state index is 0.256. The Hall–Kier alpha value is -0.130. The Morgan fingerprint density at radius 3 is 2.19 bits per heavy atom. The van der Waals surface area contributed by atoms with E-state index in [1.165, 1.54) is 0 Å². The van der Waals surface area contributed by atoms with Crippen molar-refractivity contribution >= 4 is 10.0 Å². The van der Waals surface area contributed by atoms with Crippen molar-refractivity contribution in [3.05, 3.63) is 0 Å². The number of nitrogens with two attached hydrogens (primary N) is 1. The molecule has 1 fully saturated rings. The number of hydrogen-bond acceptors (Lipinski definition) is 3. The number of hydrogen-bond donors (Lipinski definition) is 1. The Bertz CT molecular complexity index is 329. The number of primary sulfonamides is 1. The van der Waals surface area contributed by atoms with Crippen molar-refractivity contribution < 1.29 is 13.2 Å². The molecule has 1 rings (SSSR count).